The predicted octanol–water partition coefficient (Wildman–Crippen LogP) is 2.17. The van der Waals surface area contributed by atoms with Crippen molar-refractivity contribution in [1.82, 2.24) is 5.32 Å². The fourth-order valence-corrected chi connectivity index (χ4v) is 1.80. The van der Waals surface area contributed by atoms with Gasteiger partial charge in [0.15, 0.2) is 18.1 Å². The number of carbonyl (C=O) groups is 2. The van der Waals surface area contributed by atoms with Crippen molar-refractivity contribution in [2.24, 2.45) is 0 Å². The molecular weight excluding hydrogens is 298 g/mol. The van der Waals surface area contributed by atoms with Gasteiger partial charge in [-0.2, -0.15) is 0 Å². The standard InChI is InChI=1S/C17H23NO5/c1-5-12(2)18-15(19)11-23-16(20)10-9-13-7-6-8-14(21-3)17(13)22-4/h6-10,12H,5,11H2,1-4H3,(H,18,19)/b10-9+/t12-/m0/s1. The Kier molecular flexibility index (Phi) is 7.66. The highest BCUT2D eigenvalue weighted by Gasteiger charge is 2.09. The highest BCUT2D eigenvalue weighted by Crippen LogP contribution is 2.31. The number of carbonyl (C=O) groups excluding carboxylic acids is 2. The highest BCUT2D eigenvalue weighted by molar-refractivity contribution is 5.89. The van der Waals surface area contributed by atoms with Crippen molar-refractivity contribution in [3.8, 4) is 11.5 Å². The molecule has 0 aromatic heterocycles. The molecular formula is C17H23NO5. The average Bonchev–Trinajstić information content (AvgIpc) is 2.57. The summed E-state index contributed by atoms with van der Waals surface area (Å²) in [6.07, 6.45) is 3.61. The van der Waals surface area contributed by atoms with Crippen LogP contribution >= 0.6 is 0 Å². The Morgan fingerprint density at radius 2 is 2.00 bits per heavy atom. The van der Waals surface area contributed by atoms with Gasteiger partial charge >= 0.3 is 5.97 Å². The molecule has 1 N–H and O–H groups in total. The maximum absolute atomic E-state index is 11.7. The Balaban J connectivity index is 2.61. The first kappa shape index (κ1) is 18.5. The summed E-state index contributed by atoms with van der Waals surface area (Å²) in [4.78, 5) is 23.2. The van der Waals surface area contributed by atoms with Crippen molar-refractivity contribution in [2.75, 3.05) is 20.8 Å². The van der Waals surface area contributed by atoms with E-state index in [4.69, 9.17) is 14.2 Å². The zero-order valence-corrected chi connectivity index (χ0v) is 13.9. The fraction of sp³-hybridized carbons (Fsp3) is 0.412. The summed E-state index contributed by atoms with van der Waals surface area (Å²) in [5.74, 6) is 0.166. The molecule has 1 amide bonds. The van der Waals surface area contributed by atoms with Crippen LogP contribution in [0, 0.1) is 0 Å². The van der Waals surface area contributed by atoms with Crippen LogP contribution < -0.4 is 14.8 Å². The molecule has 1 aromatic carbocycles. The van der Waals surface area contributed by atoms with E-state index in [1.165, 1.54) is 20.3 Å². The molecule has 0 spiro atoms. The van der Waals surface area contributed by atoms with E-state index in [1.807, 2.05) is 13.8 Å². The van der Waals surface area contributed by atoms with E-state index in [-0.39, 0.29) is 18.6 Å². The number of methoxy groups -OCH3 is 2. The number of nitrogens with one attached hydrogen (secondary N) is 1. The molecule has 126 valence electrons. The number of hydrogen-bond acceptors (Lipinski definition) is 5. The minimum absolute atomic E-state index is 0.0535. The van der Waals surface area contributed by atoms with Gasteiger partial charge < -0.3 is 19.5 Å². The summed E-state index contributed by atoms with van der Waals surface area (Å²) in [6, 6.07) is 5.37. The van der Waals surface area contributed by atoms with E-state index in [2.05, 4.69) is 5.32 Å². The summed E-state index contributed by atoms with van der Waals surface area (Å²) < 4.78 is 15.3. The van der Waals surface area contributed by atoms with E-state index >= 15 is 0 Å². The van der Waals surface area contributed by atoms with Gasteiger partial charge in [0.2, 0.25) is 0 Å². The van der Waals surface area contributed by atoms with Gasteiger partial charge in [0.25, 0.3) is 5.91 Å². The van der Waals surface area contributed by atoms with Gasteiger partial charge in [0.05, 0.1) is 14.2 Å². The van der Waals surface area contributed by atoms with E-state index in [0.717, 1.165) is 6.42 Å². The smallest absolute Gasteiger partial charge is 0.331 e. The molecule has 0 aliphatic heterocycles. The van der Waals surface area contributed by atoms with Crippen LogP contribution in [-0.4, -0.2) is 38.7 Å². The molecule has 1 atom stereocenters. The number of amides is 1. The monoisotopic (exact) mass is 321 g/mol. The zero-order chi connectivity index (χ0) is 17.2. The van der Waals surface area contributed by atoms with E-state index in [9.17, 15) is 9.59 Å². The van der Waals surface area contributed by atoms with E-state index in [0.29, 0.717) is 17.1 Å². The predicted molar refractivity (Wildman–Crippen MR) is 87.4 cm³/mol. The van der Waals surface area contributed by atoms with Crippen LogP contribution in [0.15, 0.2) is 24.3 Å². The lowest BCUT2D eigenvalue weighted by Gasteiger charge is -2.11. The summed E-state index contributed by atoms with van der Waals surface area (Å²) in [5.41, 5.74) is 0.674. The number of esters is 1. The third-order valence-electron chi connectivity index (χ3n) is 3.20. The molecule has 0 saturated heterocycles. The highest BCUT2D eigenvalue weighted by atomic mass is 16.5. The molecule has 0 radical (unpaired) electrons. The van der Waals surface area contributed by atoms with Gasteiger partial charge in [-0.15, -0.1) is 0 Å². The lowest BCUT2D eigenvalue weighted by Crippen LogP contribution is -2.35. The molecule has 6 nitrogen and oxygen atoms in total. The molecule has 0 bridgehead atoms. The largest absolute Gasteiger partial charge is 0.493 e. The van der Waals surface area contributed by atoms with Crippen molar-refractivity contribution < 1.29 is 23.8 Å². The minimum atomic E-state index is -0.603. The summed E-state index contributed by atoms with van der Waals surface area (Å²) in [6.45, 7) is 3.54. The maximum atomic E-state index is 11.7. The van der Waals surface area contributed by atoms with E-state index < -0.39 is 5.97 Å². The Bertz CT molecular complexity index is 568. The zero-order valence-electron chi connectivity index (χ0n) is 13.9. The van der Waals surface area contributed by atoms with Crippen molar-refractivity contribution in [2.45, 2.75) is 26.3 Å². The van der Waals surface area contributed by atoms with Crippen molar-refractivity contribution in [3.63, 3.8) is 0 Å². The molecule has 6 heteroatoms. The molecule has 1 rings (SSSR count). The molecule has 1 aromatic rings. The third kappa shape index (κ3) is 6.02. The second kappa shape index (κ2) is 9.50. The Morgan fingerprint density at radius 3 is 2.61 bits per heavy atom. The lowest BCUT2D eigenvalue weighted by molar-refractivity contribution is -0.144. The van der Waals surface area contributed by atoms with Crippen LogP contribution in [0.1, 0.15) is 25.8 Å². The summed E-state index contributed by atoms with van der Waals surface area (Å²) in [5, 5.41) is 2.72. The Hall–Kier alpha value is -2.50. The number of ether oxygens (including phenoxy) is 3. The van der Waals surface area contributed by atoms with Crippen LogP contribution in [0.25, 0.3) is 6.08 Å². The summed E-state index contributed by atoms with van der Waals surface area (Å²) >= 11 is 0. The first-order valence-electron chi connectivity index (χ1n) is 7.37. The molecule has 0 aliphatic carbocycles. The quantitative estimate of drug-likeness (QED) is 0.587. The van der Waals surface area contributed by atoms with Crippen molar-refractivity contribution in [1.29, 1.82) is 0 Å². The van der Waals surface area contributed by atoms with E-state index in [1.54, 1.807) is 24.3 Å². The summed E-state index contributed by atoms with van der Waals surface area (Å²) in [7, 11) is 3.06. The third-order valence-corrected chi connectivity index (χ3v) is 3.20. The van der Waals surface area contributed by atoms with Crippen molar-refractivity contribution >= 4 is 18.0 Å². The number of para-hydroxylation sites is 1. The first-order chi connectivity index (χ1) is 11.0. The van der Waals surface area contributed by atoms with Crippen LogP contribution in [0.2, 0.25) is 0 Å². The Morgan fingerprint density at radius 1 is 1.26 bits per heavy atom. The molecule has 23 heavy (non-hydrogen) atoms. The van der Waals surface area contributed by atoms with Gasteiger partial charge in [-0.25, -0.2) is 4.79 Å². The van der Waals surface area contributed by atoms with Gasteiger partial charge in [0, 0.05) is 17.7 Å². The lowest BCUT2D eigenvalue weighted by atomic mass is 10.1. The second-order valence-corrected chi connectivity index (χ2v) is 4.90. The minimum Gasteiger partial charge on any atom is -0.493 e. The molecule has 0 aliphatic rings. The normalized spacial score (nSPS) is 11.8. The molecule has 0 saturated carbocycles. The Labute approximate surface area is 136 Å². The molecule has 0 fully saturated rings. The van der Waals surface area contributed by atoms with Crippen molar-refractivity contribution in [3.05, 3.63) is 29.8 Å². The number of hydrogen-bond donors (Lipinski definition) is 1. The first-order valence-corrected chi connectivity index (χ1v) is 7.37. The van der Waals surface area contributed by atoms with Crippen LogP contribution in [0.5, 0.6) is 11.5 Å². The number of benzene rings is 1. The van der Waals surface area contributed by atoms with Gasteiger partial charge in [0.1, 0.15) is 0 Å². The number of rotatable bonds is 8. The van der Waals surface area contributed by atoms with Gasteiger partial charge in [-0.3, -0.25) is 4.79 Å². The molecule has 0 heterocycles. The fourth-order valence-electron chi connectivity index (χ4n) is 1.80. The second-order valence-electron chi connectivity index (χ2n) is 4.90. The SMILES string of the molecule is CC[C@H](C)NC(=O)COC(=O)/C=C/c1cccc(OC)c1OC. The van der Waals surface area contributed by atoms with Crippen LogP contribution in [0.3, 0.4) is 0 Å². The van der Waals surface area contributed by atoms with Gasteiger partial charge in [-0.05, 0) is 25.5 Å². The van der Waals surface area contributed by atoms with Crippen LogP contribution in [-0.2, 0) is 14.3 Å². The maximum Gasteiger partial charge on any atom is 0.331 e. The average molecular weight is 321 g/mol. The molecule has 0 unspecified atom stereocenters. The topological polar surface area (TPSA) is 73.9 Å². The van der Waals surface area contributed by atoms with Crippen LogP contribution in [0.4, 0.5) is 0 Å². The van der Waals surface area contributed by atoms with Gasteiger partial charge in [-0.1, -0.05) is 19.1 Å².